The molecule has 2 heteroatoms. The van der Waals surface area contributed by atoms with Gasteiger partial charge >= 0.3 is 0 Å². The van der Waals surface area contributed by atoms with E-state index in [1.807, 2.05) is 0 Å². The van der Waals surface area contributed by atoms with Crippen LogP contribution in [0, 0.1) is 0 Å². The van der Waals surface area contributed by atoms with E-state index in [9.17, 15) is 0 Å². The zero-order valence-corrected chi connectivity index (χ0v) is 47.8. The van der Waals surface area contributed by atoms with E-state index in [0.717, 1.165) is 110 Å². The van der Waals surface area contributed by atoms with Gasteiger partial charge in [0.2, 0.25) is 0 Å². The van der Waals surface area contributed by atoms with Gasteiger partial charge in [-0.1, -0.05) is 255 Å². The molecule has 0 atom stereocenters. The maximum atomic E-state index is 7.35. The van der Waals surface area contributed by atoms with E-state index in [-0.39, 0.29) is 0 Å². The van der Waals surface area contributed by atoms with Crippen LogP contribution < -0.4 is 0 Å². The Hall–Kier alpha value is -11.6. The summed E-state index contributed by atoms with van der Waals surface area (Å²) in [5.41, 5.74) is 21.8. The number of para-hydroxylation sites is 2. The predicted octanol–water partition coefficient (Wildman–Crippen LogP) is 24.6. The zero-order chi connectivity index (χ0) is 57.8. The van der Waals surface area contributed by atoms with Gasteiger partial charge in [0, 0.05) is 49.2 Å². The van der Waals surface area contributed by atoms with Crippen molar-refractivity contribution in [3.05, 3.63) is 315 Å². The fourth-order valence-electron chi connectivity index (χ4n) is 14.6. The molecular weight excluding hydrogens is 1060 g/mol. The number of hydrogen-bond donors (Lipinski definition) is 0. The number of hydrogen-bond acceptors (Lipinski definition) is 2. The number of fused-ring (bicyclic) bond motifs is 13. The van der Waals surface area contributed by atoms with Crippen LogP contribution in [0.25, 0.3) is 187 Å². The second-order valence-electron chi connectivity index (χ2n) is 23.3. The van der Waals surface area contributed by atoms with E-state index in [1.165, 1.54) is 77.2 Å². The summed E-state index contributed by atoms with van der Waals surface area (Å²) in [6.07, 6.45) is 0. The van der Waals surface area contributed by atoms with Crippen LogP contribution in [-0.4, -0.2) is 0 Å². The molecule has 0 saturated heterocycles. The van der Waals surface area contributed by atoms with E-state index in [2.05, 4.69) is 315 Å². The Balaban J connectivity index is 0.949. The molecule has 408 valence electrons. The summed E-state index contributed by atoms with van der Waals surface area (Å²) in [5.74, 6) is 0. The second-order valence-corrected chi connectivity index (χ2v) is 23.3. The minimum absolute atomic E-state index is 0.840. The van der Waals surface area contributed by atoms with Crippen molar-refractivity contribution in [1.82, 2.24) is 0 Å². The molecule has 0 amide bonds. The maximum absolute atomic E-state index is 7.35. The lowest BCUT2D eigenvalue weighted by Crippen LogP contribution is -1.94. The molecule has 0 aliphatic heterocycles. The van der Waals surface area contributed by atoms with Gasteiger partial charge in [-0.05, 0) is 176 Å². The van der Waals surface area contributed by atoms with Gasteiger partial charge in [-0.3, -0.25) is 0 Å². The molecule has 2 nitrogen and oxygen atoms in total. The smallest absolute Gasteiger partial charge is 0.143 e. The molecule has 0 bridgehead atoms. The molecule has 0 spiro atoms. The highest BCUT2D eigenvalue weighted by Crippen LogP contribution is 2.54. The molecule has 18 aromatic rings. The highest BCUT2D eigenvalue weighted by Gasteiger charge is 2.28. The summed E-state index contributed by atoms with van der Waals surface area (Å²) in [4.78, 5) is 0. The van der Waals surface area contributed by atoms with Crippen molar-refractivity contribution >= 4 is 97.7 Å². The van der Waals surface area contributed by atoms with Crippen LogP contribution in [0.3, 0.4) is 0 Å². The molecule has 88 heavy (non-hydrogen) atoms. The third-order valence-corrected chi connectivity index (χ3v) is 18.3. The first-order valence-corrected chi connectivity index (χ1v) is 30.3. The van der Waals surface area contributed by atoms with Crippen molar-refractivity contribution in [2.45, 2.75) is 0 Å². The minimum atomic E-state index is 0.840. The van der Waals surface area contributed by atoms with Crippen molar-refractivity contribution in [2.24, 2.45) is 0 Å². The van der Waals surface area contributed by atoms with Crippen LogP contribution in [0.5, 0.6) is 0 Å². The van der Waals surface area contributed by atoms with Gasteiger partial charge in [0.25, 0.3) is 0 Å². The molecule has 0 aliphatic rings. The fourth-order valence-corrected chi connectivity index (χ4v) is 14.6. The van der Waals surface area contributed by atoms with Gasteiger partial charge in [0.05, 0.1) is 0 Å². The first-order valence-electron chi connectivity index (χ1n) is 30.3. The molecule has 2 aromatic heterocycles. The Morgan fingerprint density at radius 3 is 0.705 bits per heavy atom. The van der Waals surface area contributed by atoms with Crippen molar-refractivity contribution in [1.29, 1.82) is 0 Å². The Kier molecular flexibility index (Phi) is 11.3. The molecule has 0 fully saturated rings. The van der Waals surface area contributed by atoms with E-state index in [4.69, 9.17) is 8.83 Å². The lowest BCUT2D eigenvalue weighted by molar-refractivity contribution is 0.670. The zero-order valence-electron chi connectivity index (χ0n) is 47.8. The summed E-state index contributed by atoms with van der Waals surface area (Å²) in [5, 5.41) is 15.8. The standard InChI is InChI=1S/C86H52O2/c1-5-25-53(26-6-1)57-45-58(54-27-7-2-8-28-54)48-61(47-57)78-64-33-13-17-37-68(64)81(69-38-18-14-34-65(69)78)74-51-63-52-75(86-84(73-42-22-24-44-77(73)88-86)80(63)83-72-41-21-23-43-76(72)87-85(74)83)82-70-39-19-15-35-66(70)79(67-36-16-20-40-71(67)82)62-49-59(55-29-9-3-10-30-55)46-60(50-62)56-31-11-4-12-32-56/h1-52H. The molecule has 0 saturated carbocycles. The Morgan fingerprint density at radius 1 is 0.170 bits per heavy atom. The highest BCUT2D eigenvalue weighted by molar-refractivity contribution is 6.37. The second kappa shape index (κ2) is 20.0. The SMILES string of the molecule is c1ccc(-c2cc(-c3ccccc3)cc(-c3c4ccccc4c(-c4cc5cc(-c6c7ccccc7c(-c7cc(-c8ccccc8)cc(-c8ccccc8)c7)c7ccccc67)c6oc7ccccc7c6c5c5c4oc4ccccc45)c4ccccc34)c2)cc1. The van der Waals surface area contributed by atoms with E-state index < -0.39 is 0 Å². The summed E-state index contributed by atoms with van der Waals surface area (Å²) >= 11 is 0. The lowest BCUT2D eigenvalue weighted by Gasteiger charge is -2.21. The van der Waals surface area contributed by atoms with Crippen LogP contribution in [0.2, 0.25) is 0 Å². The molecular formula is C86H52O2. The van der Waals surface area contributed by atoms with Gasteiger partial charge in [-0.25, -0.2) is 0 Å². The Bertz CT molecular complexity index is 5250. The van der Waals surface area contributed by atoms with Gasteiger partial charge in [-0.15, -0.1) is 0 Å². The van der Waals surface area contributed by atoms with Crippen molar-refractivity contribution in [3.63, 3.8) is 0 Å². The quantitative estimate of drug-likeness (QED) is 0.142. The lowest BCUT2D eigenvalue weighted by atomic mass is 9.82. The van der Waals surface area contributed by atoms with Gasteiger partial charge in [0.1, 0.15) is 22.3 Å². The summed E-state index contributed by atoms with van der Waals surface area (Å²) in [6.45, 7) is 0. The highest BCUT2D eigenvalue weighted by atomic mass is 16.3. The summed E-state index contributed by atoms with van der Waals surface area (Å²) in [6, 6.07) is 115. The van der Waals surface area contributed by atoms with Crippen LogP contribution in [0.4, 0.5) is 0 Å². The van der Waals surface area contributed by atoms with Gasteiger partial charge in [0.15, 0.2) is 0 Å². The first kappa shape index (κ1) is 49.8. The van der Waals surface area contributed by atoms with Crippen molar-refractivity contribution in [2.75, 3.05) is 0 Å². The molecule has 18 rings (SSSR count). The van der Waals surface area contributed by atoms with Crippen LogP contribution >= 0.6 is 0 Å². The largest absolute Gasteiger partial charge is 0.455 e. The Labute approximate surface area is 508 Å². The first-order chi connectivity index (χ1) is 43.7. The third kappa shape index (κ3) is 7.83. The molecule has 16 aromatic carbocycles. The summed E-state index contributed by atoms with van der Waals surface area (Å²) < 4.78 is 14.7. The monoisotopic (exact) mass is 1120 g/mol. The predicted molar refractivity (Wildman–Crippen MR) is 372 cm³/mol. The van der Waals surface area contributed by atoms with Crippen LogP contribution in [-0.2, 0) is 0 Å². The Morgan fingerprint density at radius 2 is 0.409 bits per heavy atom. The molecule has 0 unspecified atom stereocenters. The third-order valence-electron chi connectivity index (χ3n) is 18.3. The molecule has 0 radical (unpaired) electrons. The van der Waals surface area contributed by atoms with Gasteiger partial charge in [-0.2, -0.15) is 0 Å². The number of benzene rings is 16. The topological polar surface area (TPSA) is 26.3 Å². The van der Waals surface area contributed by atoms with Crippen molar-refractivity contribution < 1.29 is 8.83 Å². The molecule has 0 N–H and O–H groups in total. The molecule has 2 heterocycles. The van der Waals surface area contributed by atoms with Crippen LogP contribution in [0.1, 0.15) is 0 Å². The van der Waals surface area contributed by atoms with E-state index in [0.29, 0.717) is 0 Å². The number of furan rings is 2. The summed E-state index contributed by atoms with van der Waals surface area (Å²) in [7, 11) is 0. The average Bonchev–Trinajstić information content (AvgIpc) is 1.39. The van der Waals surface area contributed by atoms with E-state index >= 15 is 0 Å². The minimum Gasteiger partial charge on any atom is -0.455 e. The van der Waals surface area contributed by atoms with E-state index in [1.54, 1.807) is 0 Å². The van der Waals surface area contributed by atoms with Gasteiger partial charge < -0.3 is 8.83 Å². The average molecular weight is 1120 g/mol. The number of rotatable bonds is 8. The fraction of sp³-hybridized carbons (Fsp3) is 0. The normalized spacial score (nSPS) is 11.9. The maximum Gasteiger partial charge on any atom is 0.143 e. The molecule has 0 aliphatic carbocycles. The van der Waals surface area contributed by atoms with Crippen LogP contribution in [0.15, 0.2) is 324 Å². The van der Waals surface area contributed by atoms with Crippen molar-refractivity contribution in [3.8, 4) is 89.0 Å².